The van der Waals surface area contributed by atoms with Crippen LogP contribution in [-0.2, 0) is 22.7 Å². The number of nitrogens with one attached hydrogen (secondary N) is 2. The SMILES string of the molecule is CNC(=O)C(NC(=O)c1nc(-c2ccc(F)c(C)c2)n2c1COCCC2)C(C)(C)C. The lowest BCUT2D eigenvalue weighted by Crippen LogP contribution is -2.53. The molecule has 0 bridgehead atoms. The molecule has 0 aliphatic carbocycles. The first-order valence-corrected chi connectivity index (χ1v) is 10.1. The Morgan fingerprint density at radius 1 is 1.30 bits per heavy atom. The van der Waals surface area contributed by atoms with E-state index in [0.717, 1.165) is 12.0 Å². The summed E-state index contributed by atoms with van der Waals surface area (Å²) in [6, 6.07) is 4.06. The van der Waals surface area contributed by atoms with E-state index >= 15 is 0 Å². The number of halogens is 1. The average molecular weight is 416 g/mol. The van der Waals surface area contributed by atoms with Crippen LogP contribution in [0, 0.1) is 18.2 Å². The smallest absolute Gasteiger partial charge is 0.272 e. The van der Waals surface area contributed by atoms with E-state index in [-0.39, 0.29) is 24.0 Å². The van der Waals surface area contributed by atoms with Crippen LogP contribution in [0.1, 0.15) is 48.9 Å². The van der Waals surface area contributed by atoms with E-state index in [0.29, 0.717) is 30.2 Å². The first kappa shape index (κ1) is 22.0. The molecule has 1 unspecified atom stereocenters. The number of aromatic nitrogens is 2. The van der Waals surface area contributed by atoms with Crippen LogP contribution >= 0.6 is 0 Å². The van der Waals surface area contributed by atoms with Crippen LogP contribution in [0.2, 0.25) is 0 Å². The van der Waals surface area contributed by atoms with Crippen molar-refractivity contribution in [3.8, 4) is 11.4 Å². The number of imidazole rings is 1. The molecule has 0 saturated carbocycles. The predicted molar refractivity (Wildman–Crippen MR) is 111 cm³/mol. The second-order valence-corrected chi connectivity index (χ2v) is 8.64. The van der Waals surface area contributed by atoms with Gasteiger partial charge in [0, 0.05) is 25.8 Å². The molecule has 2 heterocycles. The minimum Gasteiger partial charge on any atom is -0.375 e. The molecule has 0 radical (unpaired) electrons. The van der Waals surface area contributed by atoms with Gasteiger partial charge in [0.1, 0.15) is 17.7 Å². The summed E-state index contributed by atoms with van der Waals surface area (Å²) in [4.78, 5) is 30.2. The van der Waals surface area contributed by atoms with Crippen molar-refractivity contribution >= 4 is 11.8 Å². The first-order chi connectivity index (χ1) is 14.1. The topological polar surface area (TPSA) is 85.3 Å². The van der Waals surface area contributed by atoms with Crippen molar-refractivity contribution in [1.82, 2.24) is 20.2 Å². The lowest BCUT2D eigenvalue weighted by atomic mass is 9.86. The fraction of sp³-hybridized carbons (Fsp3) is 0.500. The Morgan fingerprint density at radius 3 is 2.67 bits per heavy atom. The zero-order valence-electron chi connectivity index (χ0n) is 18.1. The van der Waals surface area contributed by atoms with Gasteiger partial charge in [-0.2, -0.15) is 0 Å². The summed E-state index contributed by atoms with van der Waals surface area (Å²) >= 11 is 0. The Labute approximate surface area is 176 Å². The summed E-state index contributed by atoms with van der Waals surface area (Å²) in [5, 5.41) is 5.44. The predicted octanol–water partition coefficient (Wildman–Crippen LogP) is 2.81. The lowest BCUT2D eigenvalue weighted by Gasteiger charge is -2.29. The number of carbonyl (C=O) groups is 2. The quantitative estimate of drug-likeness (QED) is 0.803. The third kappa shape index (κ3) is 4.38. The summed E-state index contributed by atoms with van der Waals surface area (Å²) in [6.45, 7) is 8.81. The highest BCUT2D eigenvalue weighted by molar-refractivity contribution is 5.97. The molecule has 8 heteroatoms. The Hall–Kier alpha value is -2.74. The van der Waals surface area contributed by atoms with Crippen molar-refractivity contribution in [3.05, 3.63) is 41.0 Å². The molecule has 1 aromatic carbocycles. The molecule has 2 aromatic rings. The van der Waals surface area contributed by atoms with Gasteiger partial charge in [0.2, 0.25) is 5.91 Å². The van der Waals surface area contributed by atoms with E-state index in [4.69, 9.17) is 4.74 Å². The molecule has 0 spiro atoms. The van der Waals surface area contributed by atoms with Gasteiger partial charge in [-0.15, -0.1) is 0 Å². The fourth-order valence-corrected chi connectivity index (χ4v) is 3.57. The number of rotatable bonds is 4. The van der Waals surface area contributed by atoms with Crippen molar-refractivity contribution in [1.29, 1.82) is 0 Å². The molecule has 1 aliphatic rings. The number of carbonyl (C=O) groups excluding carboxylic acids is 2. The average Bonchev–Trinajstić information content (AvgIpc) is 2.88. The first-order valence-electron chi connectivity index (χ1n) is 10.1. The number of benzene rings is 1. The van der Waals surface area contributed by atoms with Crippen molar-refractivity contribution in [3.63, 3.8) is 0 Å². The van der Waals surface area contributed by atoms with Gasteiger partial charge in [0.05, 0.1) is 12.3 Å². The molecule has 7 nitrogen and oxygen atoms in total. The van der Waals surface area contributed by atoms with E-state index in [1.54, 1.807) is 26.1 Å². The third-order valence-electron chi connectivity index (χ3n) is 5.26. The number of nitrogens with zero attached hydrogens (tertiary/aromatic N) is 2. The number of hydrogen-bond acceptors (Lipinski definition) is 4. The van der Waals surface area contributed by atoms with Gasteiger partial charge < -0.3 is 19.9 Å². The van der Waals surface area contributed by atoms with Gasteiger partial charge in [0.15, 0.2) is 5.69 Å². The number of amides is 2. The largest absolute Gasteiger partial charge is 0.375 e. The summed E-state index contributed by atoms with van der Waals surface area (Å²) in [6.07, 6.45) is 0.778. The molecule has 0 fully saturated rings. The number of aryl methyl sites for hydroxylation is 1. The molecule has 2 N–H and O–H groups in total. The number of ether oxygens (including phenoxy) is 1. The van der Waals surface area contributed by atoms with Crippen LogP contribution in [-0.4, -0.2) is 41.1 Å². The highest BCUT2D eigenvalue weighted by atomic mass is 19.1. The number of likely N-dealkylation sites (N-methyl/N-ethyl adjacent to an activating group) is 1. The highest BCUT2D eigenvalue weighted by Gasteiger charge is 2.34. The molecule has 0 saturated heterocycles. The van der Waals surface area contributed by atoms with E-state index < -0.39 is 17.4 Å². The third-order valence-corrected chi connectivity index (χ3v) is 5.26. The summed E-state index contributed by atoms with van der Waals surface area (Å²) in [7, 11) is 1.54. The molecule has 2 amide bonds. The zero-order valence-corrected chi connectivity index (χ0v) is 18.1. The maximum absolute atomic E-state index is 13.8. The molecule has 30 heavy (non-hydrogen) atoms. The van der Waals surface area contributed by atoms with Crippen LogP contribution in [0.25, 0.3) is 11.4 Å². The van der Waals surface area contributed by atoms with Gasteiger partial charge in [0.25, 0.3) is 5.91 Å². The van der Waals surface area contributed by atoms with Gasteiger partial charge in [-0.05, 0) is 42.5 Å². The van der Waals surface area contributed by atoms with Crippen molar-refractivity contribution in [2.24, 2.45) is 5.41 Å². The highest BCUT2D eigenvalue weighted by Crippen LogP contribution is 2.28. The van der Waals surface area contributed by atoms with Gasteiger partial charge >= 0.3 is 0 Å². The number of hydrogen-bond donors (Lipinski definition) is 2. The minimum atomic E-state index is -0.726. The second kappa shape index (κ2) is 8.55. The minimum absolute atomic E-state index is 0.229. The Balaban J connectivity index is 2.04. The van der Waals surface area contributed by atoms with Crippen molar-refractivity contribution < 1.29 is 18.7 Å². The van der Waals surface area contributed by atoms with E-state index in [9.17, 15) is 14.0 Å². The van der Waals surface area contributed by atoms with Crippen LogP contribution in [0.4, 0.5) is 4.39 Å². The molecule has 162 valence electrons. The Morgan fingerprint density at radius 2 is 2.03 bits per heavy atom. The molecule has 1 aliphatic heterocycles. The molecular weight excluding hydrogens is 387 g/mol. The maximum Gasteiger partial charge on any atom is 0.272 e. The van der Waals surface area contributed by atoms with Gasteiger partial charge in [-0.1, -0.05) is 20.8 Å². The molecule has 1 atom stereocenters. The van der Waals surface area contributed by atoms with E-state index in [2.05, 4.69) is 15.6 Å². The van der Waals surface area contributed by atoms with Crippen molar-refractivity contribution in [2.75, 3.05) is 13.7 Å². The van der Waals surface area contributed by atoms with Crippen LogP contribution in [0.3, 0.4) is 0 Å². The van der Waals surface area contributed by atoms with Gasteiger partial charge in [-0.3, -0.25) is 9.59 Å². The Bertz CT molecular complexity index is 962. The van der Waals surface area contributed by atoms with Gasteiger partial charge in [-0.25, -0.2) is 9.37 Å². The second-order valence-electron chi connectivity index (χ2n) is 8.64. The van der Waals surface area contributed by atoms with Crippen molar-refractivity contribution in [2.45, 2.75) is 53.3 Å². The molecule has 1 aromatic heterocycles. The summed E-state index contributed by atoms with van der Waals surface area (Å²) in [5.74, 6) is -0.401. The summed E-state index contributed by atoms with van der Waals surface area (Å²) < 4.78 is 21.4. The molecular formula is C22H29FN4O3. The van der Waals surface area contributed by atoms with Crippen LogP contribution in [0.15, 0.2) is 18.2 Å². The van der Waals surface area contributed by atoms with E-state index in [1.807, 2.05) is 25.3 Å². The van der Waals surface area contributed by atoms with Crippen LogP contribution in [0.5, 0.6) is 0 Å². The molecule has 3 rings (SSSR count). The summed E-state index contributed by atoms with van der Waals surface area (Å²) in [5.41, 5.74) is 1.64. The van der Waals surface area contributed by atoms with Crippen LogP contribution < -0.4 is 10.6 Å². The van der Waals surface area contributed by atoms with E-state index in [1.165, 1.54) is 6.07 Å². The zero-order chi connectivity index (χ0) is 22.1. The maximum atomic E-state index is 13.8. The fourth-order valence-electron chi connectivity index (χ4n) is 3.57. The standard InChI is InChI=1S/C22H29FN4O3/c1-13-11-14(7-8-15(13)23)19-25-17(16-12-30-10-6-9-27(16)19)20(28)26-18(21(29)24-5)22(2,3)4/h7-8,11,18H,6,9-10,12H2,1-5H3,(H,24,29)(H,26,28). The monoisotopic (exact) mass is 416 g/mol. The lowest BCUT2D eigenvalue weighted by molar-refractivity contribution is -0.124. The number of fused-ring (bicyclic) bond motifs is 1. The Kier molecular flexibility index (Phi) is 6.26. The normalized spacial score (nSPS) is 15.1.